The van der Waals surface area contributed by atoms with Crippen molar-refractivity contribution in [2.24, 2.45) is 0 Å². The van der Waals surface area contributed by atoms with Crippen molar-refractivity contribution in [1.29, 1.82) is 0 Å². The second-order valence-electron chi connectivity index (χ2n) is 8.00. The van der Waals surface area contributed by atoms with Gasteiger partial charge >= 0.3 is 5.97 Å². The molecule has 0 bridgehead atoms. The number of benzene rings is 2. The molecule has 0 N–H and O–H groups in total. The Hall–Kier alpha value is -1.83. The maximum atomic E-state index is 12.4. The smallest absolute Gasteiger partial charge is 0.338 e. The first-order valence-electron chi connectivity index (χ1n) is 11.4. The minimum absolute atomic E-state index is 0.195. The van der Waals surface area contributed by atoms with Crippen molar-refractivity contribution >= 4 is 16.7 Å². The number of fused-ring (bicyclic) bond motifs is 1. The minimum atomic E-state index is -0.195. The van der Waals surface area contributed by atoms with Crippen LogP contribution in [-0.4, -0.2) is 12.6 Å². The summed E-state index contributed by atoms with van der Waals surface area (Å²) in [6.07, 6.45) is 15.8. The molecule has 0 aromatic heterocycles. The summed E-state index contributed by atoms with van der Waals surface area (Å²) in [5.41, 5.74) is 1.87. The van der Waals surface area contributed by atoms with Crippen molar-refractivity contribution in [3.63, 3.8) is 0 Å². The van der Waals surface area contributed by atoms with Crippen LogP contribution in [0, 0.1) is 6.92 Å². The maximum Gasteiger partial charge on any atom is 0.338 e. The van der Waals surface area contributed by atoms with Gasteiger partial charge in [-0.15, -0.1) is 0 Å². The van der Waals surface area contributed by atoms with E-state index >= 15 is 0 Å². The number of ether oxygens (including phenoxy) is 1. The van der Waals surface area contributed by atoms with Crippen LogP contribution < -0.4 is 0 Å². The van der Waals surface area contributed by atoms with Gasteiger partial charge in [0.25, 0.3) is 0 Å². The van der Waals surface area contributed by atoms with Gasteiger partial charge in [-0.05, 0) is 35.7 Å². The normalized spacial score (nSPS) is 11.1. The van der Waals surface area contributed by atoms with Gasteiger partial charge in [-0.1, -0.05) is 108 Å². The quantitative estimate of drug-likeness (QED) is 0.244. The molecule has 0 amide bonds. The summed E-state index contributed by atoms with van der Waals surface area (Å²) in [7, 11) is 0. The van der Waals surface area contributed by atoms with Crippen LogP contribution in [0.1, 0.15) is 99.9 Å². The SMILES string of the molecule is CCCCCCCCCCCCCCOC(=O)c1ccc(C)c2ccccc12. The first kappa shape index (κ1) is 22.5. The molecule has 2 heteroatoms. The van der Waals surface area contributed by atoms with Crippen LogP contribution in [0.15, 0.2) is 36.4 Å². The Balaban J connectivity index is 1.55. The summed E-state index contributed by atoms with van der Waals surface area (Å²) in [5.74, 6) is -0.195. The third-order valence-corrected chi connectivity index (χ3v) is 5.59. The van der Waals surface area contributed by atoms with E-state index in [0.717, 1.165) is 23.6 Å². The number of hydrogen-bond donors (Lipinski definition) is 0. The summed E-state index contributed by atoms with van der Waals surface area (Å²) in [5, 5.41) is 2.12. The maximum absolute atomic E-state index is 12.4. The van der Waals surface area contributed by atoms with E-state index < -0.39 is 0 Å². The molecule has 2 aromatic rings. The molecule has 28 heavy (non-hydrogen) atoms. The van der Waals surface area contributed by atoms with Crippen LogP contribution in [0.25, 0.3) is 10.8 Å². The zero-order chi connectivity index (χ0) is 20.0. The van der Waals surface area contributed by atoms with E-state index in [1.54, 1.807) is 0 Å². The topological polar surface area (TPSA) is 26.3 Å². The van der Waals surface area contributed by atoms with Gasteiger partial charge in [0, 0.05) is 0 Å². The van der Waals surface area contributed by atoms with E-state index in [4.69, 9.17) is 4.74 Å². The largest absolute Gasteiger partial charge is 0.462 e. The number of esters is 1. The highest BCUT2D eigenvalue weighted by Crippen LogP contribution is 2.23. The summed E-state index contributed by atoms with van der Waals surface area (Å²) >= 11 is 0. The molecular formula is C26H38O2. The Morgan fingerprint density at radius 1 is 0.714 bits per heavy atom. The van der Waals surface area contributed by atoms with Crippen LogP contribution in [0.4, 0.5) is 0 Å². The van der Waals surface area contributed by atoms with E-state index in [0.29, 0.717) is 12.2 Å². The highest BCUT2D eigenvalue weighted by Gasteiger charge is 2.12. The fourth-order valence-corrected chi connectivity index (χ4v) is 3.81. The Bertz CT molecular complexity index is 705. The number of hydrogen-bond acceptors (Lipinski definition) is 2. The van der Waals surface area contributed by atoms with Gasteiger partial charge in [0.15, 0.2) is 0 Å². The minimum Gasteiger partial charge on any atom is -0.462 e. The predicted molar refractivity (Wildman–Crippen MR) is 120 cm³/mol. The lowest BCUT2D eigenvalue weighted by Gasteiger charge is -2.09. The predicted octanol–water partition coefficient (Wildman–Crippen LogP) is 8.01. The monoisotopic (exact) mass is 382 g/mol. The molecule has 2 aromatic carbocycles. The van der Waals surface area contributed by atoms with Gasteiger partial charge in [-0.25, -0.2) is 4.79 Å². The number of unbranched alkanes of at least 4 members (excludes halogenated alkanes) is 11. The molecule has 0 aliphatic carbocycles. The summed E-state index contributed by atoms with van der Waals surface area (Å²) in [4.78, 5) is 12.4. The van der Waals surface area contributed by atoms with E-state index in [-0.39, 0.29) is 5.97 Å². The van der Waals surface area contributed by atoms with Crippen LogP contribution >= 0.6 is 0 Å². The molecule has 0 unspecified atom stereocenters. The number of rotatable bonds is 14. The molecule has 0 heterocycles. The van der Waals surface area contributed by atoms with Gasteiger partial charge in [-0.3, -0.25) is 0 Å². The van der Waals surface area contributed by atoms with Crippen LogP contribution in [0.5, 0.6) is 0 Å². The molecule has 154 valence electrons. The van der Waals surface area contributed by atoms with Crippen LogP contribution in [-0.2, 0) is 4.74 Å². The fourth-order valence-electron chi connectivity index (χ4n) is 3.81. The highest BCUT2D eigenvalue weighted by atomic mass is 16.5. The molecule has 0 fully saturated rings. The lowest BCUT2D eigenvalue weighted by atomic mass is 10.0. The van der Waals surface area contributed by atoms with E-state index in [1.165, 1.54) is 69.8 Å². The van der Waals surface area contributed by atoms with Gasteiger partial charge < -0.3 is 4.74 Å². The Morgan fingerprint density at radius 3 is 1.86 bits per heavy atom. The molecule has 0 aliphatic heterocycles. The van der Waals surface area contributed by atoms with E-state index in [2.05, 4.69) is 19.9 Å². The molecule has 0 saturated heterocycles. The molecule has 0 atom stereocenters. The number of carbonyl (C=O) groups excluding carboxylic acids is 1. The Morgan fingerprint density at radius 2 is 1.25 bits per heavy atom. The van der Waals surface area contributed by atoms with Gasteiger partial charge in [0.05, 0.1) is 12.2 Å². The van der Waals surface area contributed by atoms with Crippen molar-refractivity contribution in [2.75, 3.05) is 6.61 Å². The first-order chi connectivity index (χ1) is 13.7. The molecular weight excluding hydrogens is 344 g/mol. The molecule has 0 saturated carbocycles. The highest BCUT2D eigenvalue weighted by molar-refractivity contribution is 6.05. The van der Waals surface area contributed by atoms with Crippen LogP contribution in [0.3, 0.4) is 0 Å². The summed E-state index contributed by atoms with van der Waals surface area (Å²) in [6, 6.07) is 11.9. The van der Waals surface area contributed by atoms with Crippen molar-refractivity contribution in [1.82, 2.24) is 0 Å². The second kappa shape index (κ2) is 13.4. The second-order valence-corrected chi connectivity index (χ2v) is 8.00. The standard InChI is InChI=1S/C26H38O2/c1-3-4-5-6-7-8-9-10-11-12-13-16-21-28-26(27)25-20-19-22(2)23-17-14-15-18-24(23)25/h14-15,17-20H,3-13,16,21H2,1-2H3. The zero-order valence-corrected chi connectivity index (χ0v) is 18.0. The molecule has 0 spiro atoms. The Labute approximate surface area is 171 Å². The molecule has 0 radical (unpaired) electrons. The van der Waals surface area contributed by atoms with Gasteiger partial charge in [0.1, 0.15) is 0 Å². The van der Waals surface area contributed by atoms with Crippen LogP contribution in [0.2, 0.25) is 0 Å². The van der Waals surface area contributed by atoms with Crippen molar-refractivity contribution in [3.05, 3.63) is 47.5 Å². The first-order valence-corrected chi connectivity index (χ1v) is 11.4. The Kier molecular flexibility index (Phi) is 10.7. The molecule has 0 aliphatic rings. The number of aryl methyl sites for hydroxylation is 1. The fraction of sp³-hybridized carbons (Fsp3) is 0.577. The lowest BCUT2D eigenvalue weighted by Crippen LogP contribution is -2.07. The van der Waals surface area contributed by atoms with Crippen molar-refractivity contribution in [2.45, 2.75) is 90.9 Å². The molecule has 2 nitrogen and oxygen atoms in total. The summed E-state index contributed by atoms with van der Waals surface area (Å²) < 4.78 is 5.53. The summed E-state index contributed by atoms with van der Waals surface area (Å²) in [6.45, 7) is 4.87. The van der Waals surface area contributed by atoms with E-state index in [9.17, 15) is 4.79 Å². The average Bonchev–Trinajstić information content (AvgIpc) is 2.72. The van der Waals surface area contributed by atoms with Gasteiger partial charge in [-0.2, -0.15) is 0 Å². The van der Waals surface area contributed by atoms with Crippen molar-refractivity contribution in [3.8, 4) is 0 Å². The zero-order valence-electron chi connectivity index (χ0n) is 18.0. The lowest BCUT2D eigenvalue weighted by molar-refractivity contribution is 0.0500. The van der Waals surface area contributed by atoms with Gasteiger partial charge in [0.2, 0.25) is 0 Å². The number of carbonyl (C=O) groups is 1. The third kappa shape index (κ3) is 7.66. The van der Waals surface area contributed by atoms with Crippen molar-refractivity contribution < 1.29 is 9.53 Å². The molecule has 2 rings (SSSR count). The van der Waals surface area contributed by atoms with E-state index in [1.807, 2.05) is 30.3 Å². The third-order valence-electron chi connectivity index (χ3n) is 5.59. The average molecular weight is 383 g/mol.